The third kappa shape index (κ3) is 5.99. The molecule has 148 valence electrons. The highest BCUT2D eigenvalue weighted by molar-refractivity contribution is 5.85. The van der Waals surface area contributed by atoms with Gasteiger partial charge < -0.3 is 20.1 Å². The number of halogens is 2. The minimum absolute atomic E-state index is 0. The van der Waals surface area contributed by atoms with E-state index in [0.29, 0.717) is 19.6 Å². The highest BCUT2D eigenvalue weighted by Gasteiger charge is 2.32. The quantitative estimate of drug-likeness (QED) is 0.772. The number of ether oxygens (including phenoxy) is 1. The van der Waals surface area contributed by atoms with E-state index in [9.17, 15) is 9.90 Å². The van der Waals surface area contributed by atoms with Crippen molar-refractivity contribution in [3.05, 3.63) is 29.8 Å². The van der Waals surface area contributed by atoms with Crippen LogP contribution in [-0.2, 0) is 11.3 Å². The van der Waals surface area contributed by atoms with Gasteiger partial charge in [-0.05, 0) is 31.0 Å². The highest BCUT2D eigenvalue weighted by Crippen LogP contribution is 2.16. The van der Waals surface area contributed by atoms with Crippen LogP contribution in [0.1, 0.15) is 18.9 Å². The molecule has 2 N–H and O–H groups in total. The number of carbonyl (C=O) groups is 1. The topological polar surface area (TPSA) is 65.0 Å². The maximum atomic E-state index is 12.4. The van der Waals surface area contributed by atoms with Gasteiger partial charge in [-0.25, -0.2) is 0 Å². The second kappa shape index (κ2) is 10.9. The van der Waals surface area contributed by atoms with Crippen LogP contribution in [0.15, 0.2) is 24.3 Å². The Morgan fingerprint density at radius 2 is 1.85 bits per heavy atom. The van der Waals surface area contributed by atoms with E-state index in [1.165, 1.54) is 5.56 Å². The van der Waals surface area contributed by atoms with Crippen molar-refractivity contribution in [2.45, 2.75) is 32.0 Å². The summed E-state index contributed by atoms with van der Waals surface area (Å²) in [5.74, 6) is 1.04. The van der Waals surface area contributed by atoms with E-state index in [2.05, 4.69) is 22.3 Å². The molecule has 3 rings (SSSR count). The Labute approximate surface area is 167 Å². The first-order valence-electron chi connectivity index (χ1n) is 8.80. The molecule has 8 heteroatoms. The average molecular weight is 406 g/mol. The van der Waals surface area contributed by atoms with Crippen LogP contribution in [0.4, 0.5) is 0 Å². The largest absolute Gasteiger partial charge is 0.494 e. The number of aliphatic hydroxyl groups is 1. The Bertz CT molecular complexity index is 551. The lowest BCUT2D eigenvalue weighted by Gasteiger charge is -2.36. The molecule has 2 fully saturated rings. The Hall–Kier alpha value is -1.05. The molecule has 0 bridgehead atoms. The van der Waals surface area contributed by atoms with Gasteiger partial charge in [0.1, 0.15) is 5.75 Å². The summed E-state index contributed by atoms with van der Waals surface area (Å²) in [6, 6.07) is 8.02. The van der Waals surface area contributed by atoms with Gasteiger partial charge in [0.2, 0.25) is 5.91 Å². The molecule has 0 radical (unpaired) electrons. The van der Waals surface area contributed by atoms with Gasteiger partial charge in [0, 0.05) is 39.3 Å². The molecule has 0 spiro atoms. The van der Waals surface area contributed by atoms with Crippen molar-refractivity contribution in [1.82, 2.24) is 15.1 Å². The summed E-state index contributed by atoms with van der Waals surface area (Å²) >= 11 is 0. The van der Waals surface area contributed by atoms with Crippen LogP contribution in [-0.4, -0.2) is 72.3 Å². The molecule has 2 heterocycles. The second-order valence-electron chi connectivity index (χ2n) is 6.53. The Kier molecular flexibility index (Phi) is 9.68. The maximum absolute atomic E-state index is 12.4. The third-order valence-corrected chi connectivity index (χ3v) is 4.73. The number of nitrogens with one attached hydrogen (secondary N) is 1. The van der Waals surface area contributed by atoms with Gasteiger partial charge in [-0.15, -0.1) is 24.8 Å². The predicted molar refractivity (Wildman–Crippen MR) is 106 cm³/mol. The molecular formula is C18H29Cl2N3O3. The minimum atomic E-state index is -0.389. The van der Waals surface area contributed by atoms with Crippen LogP contribution in [0.2, 0.25) is 0 Å². The van der Waals surface area contributed by atoms with Gasteiger partial charge in [-0.3, -0.25) is 9.69 Å². The number of rotatable bonds is 5. The lowest BCUT2D eigenvalue weighted by Crippen LogP contribution is -2.52. The molecule has 2 aliphatic heterocycles. The van der Waals surface area contributed by atoms with Gasteiger partial charge in [0.25, 0.3) is 0 Å². The van der Waals surface area contributed by atoms with Crippen molar-refractivity contribution in [3.8, 4) is 5.75 Å². The number of benzene rings is 1. The number of hydrogen-bond acceptors (Lipinski definition) is 5. The molecule has 26 heavy (non-hydrogen) atoms. The predicted octanol–water partition coefficient (Wildman–Crippen LogP) is 1.30. The van der Waals surface area contributed by atoms with Crippen molar-refractivity contribution in [2.24, 2.45) is 0 Å². The molecule has 2 aliphatic rings. The molecule has 1 aromatic carbocycles. The second-order valence-corrected chi connectivity index (χ2v) is 6.53. The summed E-state index contributed by atoms with van der Waals surface area (Å²) in [7, 11) is 0. The number of piperazine rings is 1. The molecule has 0 aromatic heterocycles. The van der Waals surface area contributed by atoms with Crippen molar-refractivity contribution in [3.63, 3.8) is 0 Å². The van der Waals surface area contributed by atoms with Crippen molar-refractivity contribution in [1.29, 1.82) is 0 Å². The number of aliphatic hydroxyl groups excluding tert-OH is 1. The fourth-order valence-electron chi connectivity index (χ4n) is 3.37. The Morgan fingerprint density at radius 3 is 2.38 bits per heavy atom. The van der Waals surface area contributed by atoms with E-state index in [-0.39, 0.29) is 42.9 Å². The molecular weight excluding hydrogens is 377 g/mol. The van der Waals surface area contributed by atoms with Gasteiger partial charge >= 0.3 is 0 Å². The zero-order valence-electron chi connectivity index (χ0n) is 15.1. The lowest BCUT2D eigenvalue weighted by atomic mass is 10.1. The van der Waals surface area contributed by atoms with E-state index in [1.807, 2.05) is 24.0 Å². The Balaban J connectivity index is 0.00000169. The number of amides is 1. The standard InChI is InChI=1S/C18H27N3O3.2ClH/c1-2-24-16-5-3-14(4-6-16)13-20-7-9-21(10-8-20)18(23)17-11-15(22)12-19-17;;/h3-6,15,17,19,22H,2,7-13H2,1H3;2*1H. The zero-order valence-corrected chi connectivity index (χ0v) is 16.7. The van der Waals surface area contributed by atoms with Gasteiger partial charge in [-0.1, -0.05) is 12.1 Å². The van der Waals surface area contributed by atoms with Crippen LogP contribution in [0.25, 0.3) is 0 Å². The van der Waals surface area contributed by atoms with E-state index in [0.717, 1.165) is 38.5 Å². The molecule has 2 saturated heterocycles. The molecule has 2 atom stereocenters. The van der Waals surface area contributed by atoms with Crippen LogP contribution in [0.5, 0.6) is 5.75 Å². The van der Waals surface area contributed by atoms with Crippen LogP contribution >= 0.6 is 24.8 Å². The van der Waals surface area contributed by atoms with E-state index >= 15 is 0 Å². The summed E-state index contributed by atoms with van der Waals surface area (Å²) in [6.45, 7) is 7.36. The summed E-state index contributed by atoms with van der Waals surface area (Å²) in [5, 5.41) is 12.7. The summed E-state index contributed by atoms with van der Waals surface area (Å²) in [6.07, 6.45) is 0.144. The zero-order chi connectivity index (χ0) is 16.9. The van der Waals surface area contributed by atoms with E-state index < -0.39 is 0 Å². The summed E-state index contributed by atoms with van der Waals surface area (Å²) in [4.78, 5) is 16.7. The maximum Gasteiger partial charge on any atom is 0.239 e. The Morgan fingerprint density at radius 1 is 1.19 bits per heavy atom. The number of β-amino-alcohol motifs (C(OH)–C–C–N with tert-alkyl or cyclic N) is 1. The minimum Gasteiger partial charge on any atom is -0.494 e. The lowest BCUT2D eigenvalue weighted by molar-refractivity contribution is -0.135. The molecule has 6 nitrogen and oxygen atoms in total. The van der Waals surface area contributed by atoms with Crippen molar-refractivity contribution < 1.29 is 14.6 Å². The van der Waals surface area contributed by atoms with Crippen molar-refractivity contribution in [2.75, 3.05) is 39.3 Å². The highest BCUT2D eigenvalue weighted by atomic mass is 35.5. The van der Waals surface area contributed by atoms with Gasteiger partial charge in [0.15, 0.2) is 0 Å². The monoisotopic (exact) mass is 405 g/mol. The number of hydrogen-bond donors (Lipinski definition) is 2. The molecule has 0 saturated carbocycles. The van der Waals surface area contributed by atoms with E-state index in [1.54, 1.807) is 0 Å². The summed E-state index contributed by atoms with van der Waals surface area (Å²) < 4.78 is 5.47. The van der Waals surface area contributed by atoms with Crippen molar-refractivity contribution >= 4 is 30.7 Å². The van der Waals surface area contributed by atoms with Crippen LogP contribution in [0, 0.1) is 0 Å². The summed E-state index contributed by atoms with van der Waals surface area (Å²) in [5.41, 5.74) is 1.26. The van der Waals surface area contributed by atoms with Crippen LogP contribution in [0.3, 0.4) is 0 Å². The van der Waals surface area contributed by atoms with Crippen LogP contribution < -0.4 is 10.1 Å². The average Bonchev–Trinajstić information content (AvgIpc) is 3.03. The first-order chi connectivity index (χ1) is 11.7. The molecule has 1 aromatic rings. The number of carbonyl (C=O) groups excluding carboxylic acids is 1. The fourth-order valence-corrected chi connectivity index (χ4v) is 3.37. The SMILES string of the molecule is CCOc1ccc(CN2CCN(C(=O)C3CC(O)CN3)CC2)cc1.Cl.Cl. The first-order valence-corrected chi connectivity index (χ1v) is 8.80. The molecule has 0 aliphatic carbocycles. The smallest absolute Gasteiger partial charge is 0.239 e. The fraction of sp³-hybridized carbons (Fsp3) is 0.611. The van der Waals surface area contributed by atoms with E-state index in [4.69, 9.17) is 4.74 Å². The van der Waals surface area contributed by atoms with Gasteiger partial charge in [0.05, 0.1) is 18.8 Å². The number of nitrogens with zero attached hydrogens (tertiary/aromatic N) is 2. The third-order valence-electron chi connectivity index (χ3n) is 4.73. The van der Waals surface area contributed by atoms with Gasteiger partial charge in [-0.2, -0.15) is 0 Å². The molecule has 2 unspecified atom stereocenters. The first kappa shape index (κ1) is 23.0. The normalized spacial score (nSPS) is 23.1. The molecule has 1 amide bonds.